The number of hydrogen-bond acceptors (Lipinski definition) is 5. The van der Waals surface area contributed by atoms with E-state index in [4.69, 9.17) is 11.6 Å². The van der Waals surface area contributed by atoms with E-state index in [9.17, 15) is 19.5 Å². The van der Waals surface area contributed by atoms with Crippen LogP contribution >= 0.6 is 11.6 Å². The van der Waals surface area contributed by atoms with Crippen molar-refractivity contribution in [3.63, 3.8) is 0 Å². The first-order valence-corrected chi connectivity index (χ1v) is 11.9. The van der Waals surface area contributed by atoms with Crippen molar-refractivity contribution in [1.29, 1.82) is 0 Å². The molecule has 0 spiro atoms. The lowest BCUT2D eigenvalue weighted by Gasteiger charge is -2.20. The van der Waals surface area contributed by atoms with Gasteiger partial charge in [-0.1, -0.05) is 35.9 Å². The standard InChI is InChI=1S/C28H27ClN4O4/c1-32(2)16-24(34)33(3)21-10-8-20(9-11-21)30-27(18-6-4-5-17(13-18)14-25(35)36)26-22-12-7-19(29)15-23(22)31-28(26)37/h4-13,15,30H,14,16H2,1-3H3,(H,31,37)(H,35,36)/b27-26-. The lowest BCUT2D eigenvalue weighted by molar-refractivity contribution is -0.136. The molecule has 0 unspecified atom stereocenters. The summed E-state index contributed by atoms with van der Waals surface area (Å²) >= 11 is 6.14. The van der Waals surface area contributed by atoms with Gasteiger partial charge in [0.15, 0.2) is 0 Å². The van der Waals surface area contributed by atoms with Gasteiger partial charge in [0.25, 0.3) is 5.91 Å². The maximum absolute atomic E-state index is 13.1. The Bertz CT molecular complexity index is 1400. The van der Waals surface area contributed by atoms with Gasteiger partial charge < -0.3 is 25.5 Å². The molecule has 190 valence electrons. The number of likely N-dealkylation sites (N-methyl/N-ethyl adjacent to an activating group) is 2. The third-order valence-electron chi connectivity index (χ3n) is 5.90. The Kier molecular flexibility index (Phi) is 7.61. The maximum atomic E-state index is 13.1. The molecule has 0 aliphatic carbocycles. The number of nitrogens with zero attached hydrogens (tertiary/aromatic N) is 2. The quantitative estimate of drug-likeness (QED) is 0.381. The topological polar surface area (TPSA) is 102 Å². The fourth-order valence-corrected chi connectivity index (χ4v) is 4.29. The number of aliphatic carboxylic acids is 1. The molecule has 0 fully saturated rings. The number of nitrogens with one attached hydrogen (secondary N) is 2. The van der Waals surface area contributed by atoms with Crippen LogP contribution in [-0.4, -0.2) is 55.5 Å². The van der Waals surface area contributed by atoms with Gasteiger partial charge in [0.05, 0.1) is 29.9 Å². The van der Waals surface area contributed by atoms with Crippen LogP contribution in [0.3, 0.4) is 0 Å². The molecule has 4 rings (SSSR count). The molecule has 0 aromatic heterocycles. The zero-order valence-corrected chi connectivity index (χ0v) is 21.5. The normalized spacial score (nSPS) is 13.7. The van der Waals surface area contributed by atoms with Crippen molar-refractivity contribution in [1.82, 2.24) is 4.90 Å². The van der Waals surface area contributed by atoms with Crippen LogP contribution in [-0.2, 0) is 20.8 Å². The summed E-state index contributed by atoms with van der Waals surface area (Å²) in [4.78, 5) is 40.2. The smallest absolute Gasteiger partial charge is 0.307 e. The summed E-state index contributed by atoms with van der Waals surface area (Å²) in [6.45, 7) is 0.290. The number of carboxylic acid groups (broad SMARTS) is 1. The second-order valence-electron chi connectivity index (χ2n) is 9.03. The number of fused-ring (bicyclic) bond motifs is 1. The van der Waals surface area contributed by atoms with Gasteiger partial charge in [-0.2, -0.15) is 0 Å². The number of amides is 2. The number of carbonyl (C=O) groups excluding carboxylic acids is 2. The van der Waals surface area contributed by atoms with Crippen molar-refractivity contribution >= 4 is 57.7 Å². The van der Waals surface area contributed by atoms with Gasteiger partial charge in [-0.15, -0.1) is 0 Å². The summed E-state index contributed by atoms with van der Waals surface area (Å²) in [5.74, 6) is -1.28. The molecule has 3 aromatic carbocycles. The molecule has 3 N–H and O–H groups in total. The van der Waals surface area contributed by atoms with Crippen LogP contribution in [0.15, 0.2) is 66.7 Å². The molecule has 2 amide bonds. The highest BCUT2D eigenvalue weighted by Crippen LogP contribution is 2.39. The Morgan fingerprint density at radius 3 is 2.41 bits per heavy atom. The van der Waals surface area contributed by atoms with E-state index in [0.29, 0.717) is 44.4 Å². The zero-order valence-electron chi connectivity index (χ0n) is 20.7. The first kappa shape index (κ1) is 25.9. The summed E-state index contributed by atoms with van der Waals surface area (Å²) in [5, 5.41) is 16.0. The fourth-order valence-electron chi connectivity index (χ4n) is 4.12. The van der Waals surface area contributed by atoms with Gasteiger partial charge in [-0.05, 0) is 67.7 Å². The molecule has 1 aliphatic heterocycles. The molecular formula is C28H27ClN4O4. The Balaban J connectivity index is 1.75. The van der Waals surface area contributed by atoms with Crippen LogP contribution in [0.2, 0.25) is 5.02 Å². The van der Waals surface area contributed by atoms with E-state index in [1.165, 1.54) is 0 Å². The number of rotatable bonds is 8. The lowest BCUT2D eigenvalue weighted by Crippen LogP contribution is -2.34. The first-order chi connectivity index (χ1) is 17.6. The van der Waals surface area contributed by atoms with Gasteiger partial charge in [-0.25, -0.2) is 0 Å². The van der Waals surface area contributed by atoms with Crippen LogP contribution in [0.4, 0.5) is 17.1 Å². The number of anilines is 3. The fraction of sp³-hybridized carbons (Fsp3) is 0.179. The van der Waals surface area contributed by atoms with Crippen molar-refractivity contribution in [3.8, 4) is 0 Å². The monoisotopic (exact) mass is 518 g/mol. The molecule has 9 heteroatoms. The summed E-state index contributed by atoms with van der Waals surface area (Å²) in [6.07, 6.45) is -0.142. The van der Waals surface area contributed by atoms with Crippen LogP contribution in [0.1, 0.15) is 16.7 Å². The van der Waals surface area contributed by atoms with Crippen molar-refractivity contribution in [2.75, 3.05) is 43.2 Å². The highest BCUT2D eigenvalue weighted by atomic mass is 35.5. The molecule has 0 saturated carbocycles. The molecule has 1 aliphatic rings. The molecule has 37 heavy (non-hydrogen) atoms. The largest absolute Gasteiger partial charge is 0.481 e. The second-order valence-corrected chi connectivity index (χ2v) is 9.46. The van der Waals surface area contributed by atoms with E-state index >= 15 is 0 Å². The third kappa shape index (κ3) is 5.99. The van der Waals surface area contributed by atoms with Crippen molar-refractivity contribution in [2.24, 2.45) is 0 Å². The maximum Gasteiger partial charge on any atom is 0.307 e. The average molecular weight is 519 g/mol. The summed E-state index contributed by atoms with van der Waals surface area (Å²) < 4.78 is 0. The van der Waals surface area contributed by atoms with Gasteiger partial charge in [-0.3, -0.25) is 14.4 Å². The average Bonchev–Trinajstić information content (AvgIpc) is 3.16. The molecule has 0 saturated heterocycles. The molecule has 1 heterocycles. The predicted octanol–water partition coefficient (Wildman–Crippen LogP) is 4.42. The SMILES string of the molecule is CN(C)CC(=O)N(C)c1ccc(N/C(=C2\C(=O)Nc3cc(Cl)ccc32)c2cccc(CC(=O)O)c2)cc1. The molecule has 3 aromatic rings. The van der Waals surface area contributed by atoms with E-state index < -0.39 is 5.97 Å². The lowest BCUT2D eigenvalue weighted by atomic mass is 9.98. The minimum absolute atomic E-state index is 0.0401. The molecular weight excluding hydrogens is 492 g/mol. The second kappa shape index (κ2) is 10.9. The highest BCUT2D eigenvalue weighted by Gasteiger charge is 2.29. The number of carbonyl (C=O) groups is 3. The Hall–Kier alpha value is -4.14. The predicted molar refractivity (Wildman–Crippen MR) is 147 cm³/mol. The van der Waals surface area contributed by atoms with E-state index in [2.05, 4.69) is 10.6 Å². The number of hydrogen-bond donors (Lipinski definition) is 3. The minimum Gasteiger partial charge on any atom is -0.481 e. The van der Waals surface area contributed by atoms with E-state index in [1.807, 2.05) is 49.3 Å². The Morgan fingerprint density at radius 1 is 1.00 bits per heavy atom. The van der Waals surface area contributed by atoms with Crippen molar-refractivity contribution in [2.45, 2.75) is 6.42 Å². The highest BCUT2D eigenvalue weighted by molar-refractivity contribution is 6.38. The van der Waals surface area contributed by atoms with Crippen LogP contribution in [0.5, 0.6) is 0 Å². The summed E-state index contributed by atoms with van der Waals surface area (Å²) in [5.41, 5.74) is 4.92. The van der Waals surface area contributed by atoms with Gasteiger partial charge in [0.1, 0.15) is 0 Å². The number of carboxylic acids is 1. The Morgan fingerprint density at radius 2 is 1.73 bits per heavy atom. The van der Waals surface area contributed by atoms with E-state index in [-0.39, 0.29) is 24.8 Å². The van der Waals surface area contributed by atoms with Crippen LogP contribution in [0.25, 0.3) is 11.3 Å². The molecule has 0 atom stereocenters. The van der Waals surface area contributed by atoms with Crippen molar-refractivity contribution in [3.05, 3.63) is 88.4 Å². The molecule has 0 bridgehead atoms. The van der Waals surface area contributed by atoms with E-state index in [1.54, 1.807) is 48.3 Å². The van der Waals surface area contributed by atoms with E-state index in [0.717, 1.165) is 5.69 Å². The van der Waals surface area contributed by atoms with Gasteiger partial charge >= 0.3 is 5.97 Å². The Labute approximate surface area is 220 Å². The minimum atomic E-state index is -0.943. The summed E-state index contributed by atoms with van der Waals surface area (Å²) in [6, 6.07) is 19.6. The molecule has 8 nitrogen and oxygen atoms in total. The van der Waals surface area contributed by atoms with Crippen LogP contribution in [0, 0.1) is 0 Å². The van der Waals surface area contributed by atoms with Gasteiger partial charge in [0, 0.05) is 29.0 Å². The van der Waals surface area contributed by atoms with Crippen LogP contribution < -0.4 is 15.5 Å². The van der Waals surface area contributed by atoms with Gasteiger partial charge in [0.2, 0.25) is 5.91 Å². The molecule has 0 radical (unpaired) electrons. The van der Waals surface area contributed by atoms with Crippen molar-refractivity contribution < 1.29 is 19.5 Å². The number of benzene rings is 3. The first-order valence-electron chi connectivity index (χ1n) is 11.6. The number of halogens is 1. The third-order valence-corrected chi connectivity index (χ3v) is 6.13. The zero-order chi connectivity index (χ0) is 26.7. The summed E-state index contributed by atoms with van der Waals surface area (Å²) in [7, 11) is 5.40.